The largest absolute Gasteiger partial charge is 0.478 e. The standard InChI is InChI=1S/C20H18O3.C14H14O2.C7H10O3.C4H6O2/c1-14(2)20(22)23-18-11-9-17(10-12-18)19(21)13-8-16-6-4-15(3)5-7-16;1-10(14(15)16)13(11-6-2-3-7-11)12-8-4-5-9-12;1-5(2)7(8)10-4-6-3-9-6;1-3(2)4(5)6/h4-13H,1H2,2-3H3;2-6,8,13H,1,7,9H2,(H,15,16);6H,1,3-4H2,2H3;1H2,2H3,(H,5,6). The van der Waals surface area contributed by atoms with Crippen LogP contribution in [0.5, 0.6) is 5.75 Å². The molecule has 1 heterocycles. The molecule has 2 aliphatic carbocycles. The predicted octanol–water partition coefficient (Wildman–Crippen LogP) is 8.54. The molecular weight excluding hydrogens is 700 g/mol. The summed E-state index contributed by atoms with van der Waals surface area (Å²) in [6.07, 6.45) is 17.1. The minimum atomic E-state index is -0.935. The van der Waals surface area contributed by atoms with E-state index in [0.29, 0.717) is 35.7 Å². The first kappa shape index (κ1) is 44.8. The van der Waals surface area contributed by atoms with Crippen LogP contribution in [0.3, 0.4) is 0 Å². The van der Waals surface area contributed by atoms with Crippen LogP contribution in [0, 0.1) is 12.8 Å². The van der Waals surface area contributed by atoms with Crippen LogP contribution in [0.15, 0.2) is 151 Å². The fourth-order valence-electron chi connectivity index (χ4n) is 4.45. The molecule has 2 aromatic rings. The number of carboxylic acid groups (broad SMARTS) is 2. The van der Waals surface area contributed by atoms with Crippen LogP contribution in [0.2, 0.25) is 0 Å². The summed E-state index contributed by atoms with van der Waals surface area (Å²) in [5.74, 6) is -2.53. The zero-order valence-electron chi connectivity index (χ0n) is 31.7. The van der Waals surface area contributed by atoms with Crippen LogP contribution in [-0.4, -0.2) is 59.2 Å². The van der Waals surface area contributed by atoms with Gasteiger partial charge in [-0.25, -0.2) is 19.2 Å². The van der Waals surface area contributed by atoms with Gasteiger partial charge in [0.2, 0.25) is 0 Å². The molecule has 0 saturated carbocycles. The van der Waals surface area contributed by atoms with E-state index in [2.05, 4.69) is 26.3 Å². The average Bonchev–Trinajstić information content (AvgIpc) is 3.53. The molecule has 2 aromatic carbocycles. The maximum Gasteiger partial charge on any atom is 0.338 e. The lowest BCUT2D eigenvalue weighted by Gasteiger charge is -2.20. The second-order valence-electron chi connectivity index (χ2n) is 12.7. The van der Waals surface area contributed by atoms with Gasteiger partial charge in [0.05, 0.1) is 6.61 Å². The van der Waals surface area contributed by atoms with E-state index < -0.39 is 17.9 Å². The molecule has 0 amide bonds. The summed E-state index contributed by atoms with van der Waals surface area (Å²) in [6.45, 7) is 21.6. The third-order valence-electron chi connectivity index (χ3n) is 7.68. The summed E-state index contributed by atoms with van der Waals surface area (Å²) >= 11 is 0. The summed E-state index contributed by atoms with van der Waals surface area (Å²) in [6, 6.07) is 14.3. The first-order valence-corrected chi connectivity index (χ1v) is 17.2. The van der Waals surface area contributed by atoms with Crippen molar-refractivity contribution < 1.29 is 48.4 Å². The van der Waals surface area contributed by atoms with E-state index in [4.69, 9.17) is 24.4 Å². The Morgan fingerprint density at radius 1 is 0.782 bits per heavy atom. The van der Waals surface area contributed by atoms with Crippen molar-refractivity contribution in [3.05, 3.63) is 168 Å². The van der Waals surface area contributed by atoms with E-state index in [-0.39, 0.29) is 34.9 Å². The Hall–Kier alpha value is -6.39. The lowest BCUT2D eigenvalue weighted by molar-refractivity contribution is -0.139. The summed E-state index contributed by atoms with van der Waals surface area (Å²) in [7, 11) is 0. The van der Waals surface area contributed by atoms with Gasteiger partial charge in [0.15, 0.2) is 5.78 Å². The number of carbonyl (C=O) groups is 5. The van der Waals surface area contributed by atoms with Gasteiger partial charge in [-0.3, -0.25) is 4.79 Å². The number of benzene rings is 2. The number of ether oxygens (including phenoxy) is 3. The van der Waals surface area contributed by atoms with Crippen LogP contribution in [-0.2, 0) is 28.7 Å². The first-order chi connectivity index (χ1) is 26.0. The van der Waals surface area contributed by atoms with E-state index in [1.165, 1.54) is 18.6 Å². The fraction of sp³-hybridized carbons (Fsp3) is 0.222. The number of carboxylic acids is 2. The fourth-order valence-corrected chi connectivity index (χ4v) is 4.45. The van der Waals surface area contributed by atoms with Gasteiger partial charge in [-0.1, -0.05) is 110 Å². The van der Waals surface area contributed by atoms with Gasteiger partial charge >= 0.3 is 23.9 Å². The number of allylic oxidation sites excluding steroid dienone is 9. The highest BCUT2D eigenvalue weighted by Crippen LogP contribution is 2.35. The van der Waals surface area contributed by atoms with Crippen molar-refractivity contribution in [3.63, 3.8) is 0 Å². The number of hydrogen-bond acceptors (Lipinski definition) is 8. The monoisotopic (exact) mass is 748 g/mol. The van der Waals surface area contributed by atoms with E-state index in [1.54, 1.807) is 44.2 Å². The molecule has 0 bridgehead atoms. The molecule has 0 radical (unpaired) electrons. The Bertz CT molecular complexity index is 1880. The normalized spacial score (nSPS) is 14.4. The summed E-state index contributed by atoms with van der Waals surface area (Å²) in [5, 5.41) is 17.0. The highest BCUT2D eigenvalue weighted by molar-refractivity contribution is 6.06. The third kappa shape index (κ3) is 16.9. The molecule has 1 aliphatic heterocycles. The van der Waals surface area contributed by atoms with Gasteiger partial charge in [-0.15, -0.1) is 0 Å². The molecule has 1 unspecified atom stereocenters. The van der Waals surface area contributed by atoms with Crippen molar-refractivity contribution in [2.24, 2.45) is 5.92 Å². The Kier molecular flexibility index (Phi) is 18.4. The molecule has 1 atom stereocenters. The van der Waals surface area contributed by atoms with Crippen LogP contribution in [0.25, 0.3) is 6.08 Å². The number of epoxide rings is 1. The number of rotatable bonds is 13. The topological polar surface area (TPSA) is 157 Å². The second kappa shape index (κ2) is 22.6. The van der Waals surface area contributed by atoms with Gasteiger partial charge in [-0.05, 0) is 76.4 Å². The van der Waals surface area contributed by atoms with Gasteiger partial charge in [-0.2, -0.15) is 0 Å². The molecule has 3 aliphatic rings. The van der Waals surface area contributed by atoms with Crippen molar-refractivity contribution >= 4 is 35.7 Å². The van der Waals surface area contributed by atoms with Crippen molar-refractivity contribution in [2.45, 2.75) is 46.6 Å². The lowest BCUT2D eigenvalue weighted by atomic mass is 9.83. The minimum Gasteiger partial charge on any atom is -0.478 e. The minimum absolute atomic E-state index is 0.108. The highest BCUT2D eigenvalue weighted by Gasteiger charge is 2.26. The number of aryl methyl sites for hydroxylation is 1. The Morgan fingerprint density at radius 3 is 1.69 bits per heavy atom. The zero-order valence-corrected chi connectivity index (χ0v) is 31.7. The Morgan fingerprint density at radius 2 is 1.29 bits per heavy atom. The number of hydrogen-bond donors (Lipinski definition) is 2. The van der Waals surface area contributed by atoms with Crippen molar-refractivity contribution in [1.29, 1.82) is 0 Å². The highest BCUT2D eigenvalue weighted by atomic mass is 16.6. The summed E-state index contributed by atoms with van der Waals surface area (Å²) < 4.78 is 14.7. The predicted molar refractivity (Wildman–Crippen MR) is 213 cm³/mol. The van der Waals surface area contributed by atoms with Crippen molar-refractivity contribution in [2.75, 3.05) is 13.2 Å². The SMILES string of the molecule is C=C(C(=O)O)C(C1=CC=CC1)C1=CC=CC1.C=C(C)C(=O)O.C=C(C)C(=O)OCC1CO1.C=C(C)C(=O)Oc1ccc(C(=O)C=Cc2ccc(C)cc2)cc1. The number of carbonyl (C=O) groups excluding carboxylic acids is 3. The second-order valence-corrected chi connectivity index (χ2v) is 12.7. The van der Waals surface area contributed by atoms with E-state index in [9.17, 15) is 24.0 Å². The van der Waals surface area contributed by atoms with Crippen molar-refractivity contribution in [1.82, 2.24) is 0 Å². The van der Waals surface area contributed by atoms with Crippen LogP contribution in [0.1, 0.15) is 55.1 Å². The Labute approximate surface area is 322 Å². The average molecular weight is 749 g/mol. The Balaban J connectivity index is 0.000000282. The molecule has 288 valence electrons. The summed E-state index contributed by atoms with van der Waals surface area (Å²) in [5.41, 5.74) is 6.13. The smallest absolute Gasteiger partial charge is 0.338 e. The van der Waals surface area contributed by atoms with Gasteiger partial charge in [0.1, 0.15) is 18.5 Å². The first-order valence-electron chi connectivity index (χ1n) is 17.2. The molecular formula is C45H48O10. The van der Waals surface area contributed by atoms with Crippen LogP contribution < -0.4 is 4.74 Å². The van der Waals surface area contributed by atoms with Crippen LogP contribution >= 0.6 is 0 Å². The summed E-state index contributed by atoms with van der Waals surface area (Å²) in [4.78, 5) is 54.9. The maximum atomic E-state index is 12.1. The van der Waals surface area contributed by atoms with E-state index >= 15 is 0 Å². The maximum absolute atomic E-state index is 12.1. The molecule has 10 nitrogen and oxygen atoms in total. The molecule has 5 rings (SSSR count). The lowest BCUT2D eigenvalue weighted by Crippen LogP contribution is -2.15. The van der Waals surface area contributed by atoms with Gasteiger partial charge in [0, 0.05) is 33.8 Å². The van der Waals surface area contributed by atoms with Crippen LogP contribution in [0.4, 0.5) is 0 Å². The number of ketones is 1. The molecule has 0 spiro atoms. The third-order valence-corrected chi connectivity index (χ3v) is 7.68. The van der Waals surface area contributed by atoms with E-state index in [0.717, 1.165) is 29.6 Å². The molecule has 1 fully saturated rings. The number of aliphatic carboxylic acids is 2. The van der Waals surface area contributed by atoms with Gasteiger partial charge < -0.3 is 24.4 Å². The van der Waals surface area contributed by atoms with E-state index in [1.807, 2.05) is 67.6 Å². The zero-order chi connectivity index (χ0) is 41.1. The quantitative estimate of drug-likeness (QED) is 0.0669. The number of esters is 2. The molecule has 55 heavy (non-hydrogen) atoms. The van der Waals surface area contributed by atoms with Crippen molar-refractivity contribution in [3.8, 4) is 5.75 Å². The molecule has 10 heteroatoms. The molecule has 0 aromatic heterocycles. The van der Waals surface area contributed by atoms with Gasteiger partial charge in [0.25, 0.3) is 0 Å². The molecule has 2 N–H and O–H groups in total. The molecule has 1 saturated heterocycles.